The van der Waals surface area contributed by atoms with Crippen molar-refractivity contribution in [2.45, 2.75) is 32.6 Å². The van der Waals surface area contributed by atoms with E-state index >= 15 is 0 Å². The third-order valence-corrected chi connectivity index (χ3v) is 4.90. The highest BCUT2D eigenvalue weighted by Gasteiger charge is 2.25. The molecule has 1 aliphatic rings. The summed E-state index contributed by atoms with van der Waals surface area (Å²) in [4.78, 5) is 26.1. The molecule has 0 radical (unpaired) electrons. The van der Waals surface area contributed by atoms with Gasteiger partial charge < -0.3 is 15.2 Å². The zero-order chi connectivity index (χ0) is 19.6. The van der Waals surface area contributed by atoms with Crippen LogP contribution >= 0.6 is 0 Å². The highest BCUT2D eigenvalue weighted by Crippen LogP contribution is 2.36. The fraction of sp³-hybridized carbons (Fsp3) is 0.450. The van der Waals surface area contributed by atoms with Gasteiger partial charge >= 0.3 is 0 Å². The third kappa shape index (κ3) is 4.42. The molecule has 1 aliphatic heterocycles. The van der Waals surface area contributed by atoms with Crippen LogP contribution in [-0.4, -0.2) is 47.6 Å². The minimum Gasteiger partial charge on any atom is -0.340 e. The van der Waals surface area contributed by atoms with Gasteiger partial charge in [-0.15, -0.1) is 0 Å². The average molecular weight is 371 g/mol. The van der Waals surface area contributed by atoms with Gasteiger partial charge in [-0.2, -0.15) is 0 Å². The van der Waals surface area contributed by atoms with Crippen LogP contribution in [0.5, 0.6) is 0 Å². The van der Waals surface area contributed by atoms with Crippen LogP contribution in [0, 0.1) is 11.7 Å². The van der Waals surface area contributed by atoms with E-state index in [1.165, 1.54) is 6.07 Å². The van der Waals surface area contributed by atoms with Crippen molar-refractivity contribution in [3.8, 4) is 11.4 Å². The van der Waals surface area contributed by atoms with E-state index in [1.807, 2.05) is 25.2 Å². The van der Waals surface area contributed by atoms with Gasteiger partial charge in [0, 0.05) is 24.2 Å². The number of carbonyl (C=O) groups excluding carboxylic acids is 1. The number of anilines is 1. The lowest BCUT2D eigenvalue weighted by Crippen LogP contribution is -2.17. The number of nitrogens with one attached hydrogen (secondary N) is 2. The second-order valence-corrected chi connectivity index (χ2v) is 7.40. The van der Waals surface area contributed by atoms with E-state index < -0.39 is 5.82 Å². The molecule has 0 spiro atoms. The van der Waals surface area contributed by atoms with Gasteiger partial charge in [0.2, 0.25) is 5.91 Å². The van der Waals surface area contributed by atoms with Crippen molar-refractivity contribution in [3.63, 3.8) is 0 Å². The van der Waals surface area contributed by atoms with E-state index in [4.69, 9.17) is 0 Å². The molecule has 2 aromatic rings. The molecule has 2 atom stereocenters. The fourth-order valence-electron chi connectivity index (χ4n) is 3.06. The first-order chi connectivity index (χ1) is 12.8. The first kappa shape index (κ1) is 19.2. The molecule has 1 amide bonds. The summed E-state index contributed by atoms with van der Waals surface area (Å²) in [6.07, 6.45) is 3.06. The lowest BCUT2D eigenvalue weighted by Gasteiger charge is -2.18. The lowest BCUT2D eigenvalue weighted by molar-refractivity contribution is -0.116. The van der Waals surface area contributed by atoms with Gasteiger partial charge in [-0.25, -0.2) is 14.4 Å². The first-order valence-corrected chi connectivity index (χ1v) is 9.23. The number of H-pyrrole nitrogens is 1. The summed E-state index contributed by atoms with van der Waals surface area (Å²) in [5.41, 5.74) is 1.80. The summed E-state index contributed by atoms with van der Waals surface area (Å²) >= 11 is 0. The molecule has 27 heavy (non-hydrogen) atoms. The molecule has 0 aliphatic carbocycles. The molecule has 2 heterocycles. The minimum absolute atomic E-state index is 0.0832. The molecule has 0 bridgehead atoms. The molecule has 2 unspecified atom stereocenters. The van der Waals surface area contributed by atoms with E-state index in [0.29, 0.717) is 35.2 Å². The van der Waals surface area contributed by atoms with Gasteiger partial charge in [-0.1, -0.05) is 13.8 Å². The number of halogens is 1. The Balaban J connectivity index is 1.78. The van der Waals surface area contributed by atoms with E-state index in [-0.39, 0.29) is 11.8 Å². The zero-order valence-corrected chi connectivity index (χ0v) is 16.2. The molecule has 0 saturated carbocycles. The Morgan fingerprint density at radius 1 is 1.33 bits per heavy atom. The summed E-state index contributed by atoms with van der Waals surface area (Å²) in [6, 6.07) is 4.53. The van der Waals surface area contributed by atoms with Crippen LogP contribution in [0.2, 0.25) is 0 Å². The number of fused-ring (bicyclic) bond motifs is 1. The number of imidazole rings is 1. The van der Waals surface area contributed by atoms with Crippen LogP contribution < -0.4 is 5.32 Å². The maximum Gasteiger partial charge on any atom is 0.224 e. The van der Waals surface area contributed by atoms with Crippen molar-refractivity contribution in [2.75, 3.05) is 26.0 Å². The number of aromatic amines is 1. The van der Waals surface area contributed by atoms with Crippen LogP contribution in [0.1, 0.15) is 38.3 Å². The first-order valence-electron chi connectivity index (χ1n) is 9.23. The van der Waals surface area contributed by atoms with Crippen LogP contribution in [0.25, 0.3) is 11.4 Å². The molecule has 144 valence electrons. The largest absolute Gasteiger partial charge is 0.340 e. The van der Waals surface area contributed by atoms with E-state index in [0.717, 1.165) is 18.7 Å². The van der Waals surface area contributed by atoms with E-state index in [9.17, 15) is 9.18 Å². The Kier molecular flexibility index (Phi) is 5.70. The molecular weight excluding hydrogens is 345 g/mol. The summed E-state index contributed by atoms with van der Waals surface area (Å²) in [6.45, 7) is 5.03. The maximum atomic E-state index is 14.4. The molecule has 7 heteroatoms. The molecule has 0 fully saturated rings. The van der Waals surface area contributed by atoms with E-state index in [2.05, 4.69) is 34.1 Å². The van der Waals surface area contributed by atoms with Gasteiger partial charge in [0.1, 0.15) is 11.6 Å². The topological polar surface area (TPSA) is 73.4 Å². The van der Waals surface area contributed by atoms with Crippen LogP contribution in [0.15, 0.2) is 23.2 Å². The third-order valence-electron chi connectivity index (χ3n) is 4.90. The monoisotopic (exact) mass is 371 g/mol. The molecule has 0 saturated heterocycles. The number of aliphatic imine (C=N–C) groups is 1. The SMILES string of the molecule is CC1C=Nc2nc(-c3cc(NC(=O)CCCN(C)C)ccc3F)[nH]c2C1C. The number of nitrogens with zero attached hydrogens (tertiary/aromatic N) is 3. The van der Waals surface area contributed by atoms with E-state index in [1.54, 1.807) is 12.1 Å². The number of aromatic nitrogens is 2. The predicted molar refractivity (Wildman–Crippen MR) is 106 cm³/mol. The highest BCUT2D eigenvalue weighted by molar-refractivity contribution is 5.91. The number of rotatable bonds is 6. The quantitative estimate of drug-likeness (QED) is 0.807. The maximum absolute atomic E-state index is 14.4. The number of amides is 1. The number of hydrogen-bond acceptors (Lipinski definition) is 4. The van der Waals surface area contributed by atoms with Crippen molar-refractivity contribution in [3.05, 3.63) is 29.7 Å². The van der Waals surface area contributed by atoms with Gasteiger partial charge in [-0.05, 0) is 51.2 Å². The number of hydrogen-bond donors (Lipinski definition) is 2. The number of benzene rings is 1. The lowest BCUT2D eigenvalue weighted by atomic mass is 9.92. The minimum atomic E-state index is -0.392. The Labute approximate surface area is 158 Å². The average Bonchev–Trinajstić information content (AvgIpc) is 3.04. The molecule has 3 rings (SSSR count). The van der Waals surface area contributed by atoms with Crippen molar-refractivity contribution in [2.24, 2.45) is 10.9 Å². The predicted octanol–water partition coefficient (Wildman–Crippen LogP) is 3.95. The van der Waals surface area contributed by atoms with Crippen molar-refractivity contribution >= 4 is 23.6 Å². The Bertz CT molecular complexity index is 858. The van der Waals surface area contributed by atoms with Crippen LogP contribution in [-0.2, 0) is 4.79 Å². The van der Waals surface area contributed by atoms with Crippen molar-refractivity contribution in [1.82, 2.24) is 14.9 Å². The molecule has 1 aromatic heterocycles. The van der Waals surface area contributed by atoms with Gasteiger partial charge in [0.05, 0.1) is 11.3 Å². The normalized spacial score (nSPS) is 18.6. The second kappa shape index (κ2) is 8.00. The summed E-state index contributed by atoms with van der Waals surface area (Å²) in [5, 5.41) is 2.84. The fourth-order valence-corrected chi connectivity index (χ4v) is 3.06. The Morgan fingerprint density at radius 2 is 2.11 bits per heavy atom. The van der Waals surface area contributed by atoms with Crippen LogP contribution in [0.4, 0.5) is 15.9 Å². The molecule has 1 aromatic carbocycles. The molecule has 2 N–H and O–H groups in total. The smallest absolute Gasteiger partial charge is 0.224 e. The highest BCUT2D eigenvalue weighted by atomic mass is 19.1. The zero-order valence-electron chi connectivity index (χ0n) is 16.2. The summed E-state index contributed by atoms with van der Waals surface area (Å²) < 4.78 is 14.4. The van der Waals surface area contributed by atoms with Gasteiger partial charge in [-0.3, -0.25) is 4.79 Å². The Morgan fingerprint density at radius 3 is 2.85 bits per heavy atom. The van der Waals surface area contributed by atoms with Gasteiger partial charge in [0.25, 0.3) is 0 Å². The second-order valence-electron chi connectivity index (χ2n) is 7.40. The Hall–Kier alpha value is -2.54. The van der Waals surface area contributed by atoms with Crippen molar-refractivity contribution < 1.29 is 9.18 Å². The summed E-state index contributed by atoms with van der Waals surface area (Å²) in [5.74, 6) is 1.09. The van der Waals surface area contributed by atoms with Gasteiger partial charge in [0.15, 0.2) is 5.82 Å². The van der Waals surface area contributed by atoms with Crippen molar-refractivity contribution in [1.29, 1.82) is 0 Å². The van der Waals surface area contributed by atoms with Crippen LogP contribution in [0.3, 0.4) is 0 Å². The number of carbonyl (C=O) groups is 1. The summed E-state index contributed by atoms with van der Waals surface area (Å²) in [7, 11) is 3.94. The standard InChI is InChI=1S/C20H26FN5O/c1-12-11-22-20-18(13(12)2)24-19(25-20)15-10-14(7-8-16(15)21)23-17(27)6-5-9-26(3)4/h7-8,10-13H,5-6,9H2,1-4H3,(H,23,27)(H,24,25). The molecular formula is C20H26FN5O. The molecule has 6 nitrogen and oxygen atoms in total.